The average molecular weight is 516 g/mol. The molecule has 0 aromatic heterocycles. The monoisotopic (exact) mass is 515 g/mol. The number of nitrogens with one attached hydrogen (secondary N) is 1. The summed E-state index contributed by atoms with van der Waals surface area (Å²) >= 11 is 0. The molecule has 2 N–H and O–H groups in total. The van der Waals surface area contributed by atoms with Gasteiger partial charge in [0.1, 0.15) is 12.4 Å². The molecule has 4 unspecified atom stereocenters. The van der Waals surface area contributed by atoms with Gasteiger partial charge < -0.3 is 29.7 Å². The molecule has 206 valence electrons. The number of amides is 2. The Morgan fingerprint density at radius 3 is 2.43 bits per heavy atom. The molecule has 2 aliphatic carbocycles. The van der Waals surface area contributed by atoms with Crippen LogP contribution in [-0.4, -0.2) is 80.5 Å². The Morgan fingerprint density at radius 1 is 1.05 bits per heavy atom. The Labute approximate surface area is 221 Å². The highest BCUT2D eigenvalue weighted by atomic mass is 16.5. The van der Waals surface area contributed by atoms with Gasteiger partial charge in [-0.05, 0) is 67.9 Å². The number of para-hydroxylation sites is 2. The van der Waals surface area contributed by atoms with Crippen LogP contribution in [0.25, 0.3) is 0 Å². The van der Waals surface area contributed by atoms with E-state index in [1.807, 2.05) is 30.0 Å². The van der Waals surface area contributed by atoms with Crippen molar-refractivity contribution in [3.05, 3.63) is 24.3 Å². The lowest BCUT2D eigenvalue weighted by atomic mass is 9.57. The highest BCUT2D eigenvalue weighted by molar-refractivity contribution is 5.78. The van der Waals surface area contributed by atoms with Gasteiger partial charge in [-0.3, -0.25) is 9.59 Å². The zero-order chi connectivity index (χ0) is 26.8. The van der Waals surface area contributed by atoms with E-state index in [9.17, 15) is 14.7 Å². The smallest absolute Gasteiger partial charge is 0.246 e. The molecule has 0 radical (unpaired) electrons. The Morgan fingerprint density at radius 2 is 1.76 bits per heavy atom. The summed E-state index contributed by atoms with van der Waals surface area (Å²) in [5.41, 5.74) is 0.106. The summed E-state index contributed by atoms with van der Waals surface area (Å²) in [4.78, 5) is 30.3. The van der Waals surface area contributed by atoms with Crippen LogP contribution in [0.5, 0.6) is 5.75 Å². The molecule has 37 heavy (non-hydrogen) atoms. The first-order valence-corrected chi connectivity index (χ1v) is 13.7. The summed E-state index contributed by atoms with van der Waals surface area (Å²) in [6, 6.07) is 7.98. The minimum absolute atomic E-state index is 0.0264. The minimum Gasteiger partial charge on any atom is -0.495 e. The van der Waals surface area contributed by atoms with E-state index < -0.39 is 5.60 Å². The molecule has 1 aromatic carbocycles. The molecular weight excluding hydrogens is 470 g/mol. The molecule has 1 saturated heterocycles. The highest BCUT2D eigenvalue weighted by Crippen LogP contribution is 2.63. The molecule has 8 heteroatoms. The second-order valence-corrected chi connectivity index (χ2v) is 12.3. The van der Waals surface area contributed by atoms with Gasteiger partial charge in [-0.25, -0.2) is 0 Å². The summed E-state index contributed by atoms with van der Waals surface area (Å²) in [6.45, 7) is 9.35. The number of nitrogens with zero attached hydrogens (tertiary/aromatic N) is 2. The number of rotatable bonds is 8. The Hall–Kier alpha value is -2.32. The fourth-order valence-corrected chi connectivity index (χ4v) is 7.39. The maximum Gasteiger partial charge on any atom is 0.246 e. The molecule has 3 aliphatic rings. The lowest BCUT2D eigenvalue weighted by Crippen LogP contribution is -2.53. The van der Waals surface area contributed by atoms with Gasteiger partial charge in [0.05, 0.1) is 18.4 Å². The first kappa shape index (κ1) is 27.7. The Kier molecular flexibility index (Phi) is 8.10. The fraction of sp³-hybridized carbons (Fsp3) is 0.724. The van der Waals surface area contributed by atoms with E-state index in [-0.39, 0.29) is 41.2 Å². The van der Waals surface area contributed by atoms with Crippen LogP contribution in [0.15, 0.2) is 24.3 Å². The van der Waals surface area contributed by atoms with Crippen LogP contribution < -0.4 is 15.0 Å². The van der Waals surface area contributed by atoms with E-state index in [1.165, 1.54) is 7.11 Å². The molecule has 0 spiro atoms. The van der Waals surface area contributed by atoms with Gasteiger partial charge in [-0.15, -0.1) is 0 Å². The van der Waals surface area contributed by atoms with Gasteiger partial charge in [0.15, 0.2) is 0 Å². The molecule has 4 atom stereocenters. The fourth-order valence-electron chi connectivity index (χ4n) is 7.39. The van der Waals surface area contributed by atoms with Crippen molar-refractivity contribution in [2.45, 2.75) is 70.9 Å². The number of hydrogen-bond donors (Lipinski definition) is 2. The summed E-state index contributed by atoms with van der Waals surface area (Å²) in [6.07, 6.45) is 4.21. The van der Waals surface area contributed by atoms with Crippen molar-refractivity contribution in [3.63, 3.8) is 0 Å². The summed E-state index contributed by atoms with van der Waals surface area (Å²) in [5.74, 6) is 1.15. The van der Waals surface area contributed by atoms with Crippen LogP contribution in [0.3, 0.4) is 0 Å². The van der Waals surface area contributed by atoms with Gasteiger partial charge in [0, 0.05) is 45.8 Å². The Balaban J connectivity index is 1.44. The SMILES string of the molecule is COCC(=O)NC1CC(C)(C)C2CC(C)(O)CCC12CCC(=O)N1CCN(c2ccccc2OC)CC1. The molecule has 1 aliphatic heterocycles. The third-order valence-corrected chi connectivity index (χ3v) is 9.31. The predicted molar refractivity (Wildman–Crippen MR) is 144 cm³/mol. The van der Waals surface area contributed by atoms with Crippen LogP contribution in [0, 0.1) is 16.7 Å². The number of carbonyl (C=O) groups excluding carboxylic acids is 2. The van der Waals surface area contributed by atoms with Crippen molar-refractivity contribution >= 4 is 17.5 Å². The van der Waals surface area contributed by atoms with Crippen LogP contribution >= 0.6 is 0 Å². The van der Waals surface area contributed by atoms with Crippen LogP contribution in [0.2, 0.25) is 0 Å². The molecule has 2 saturated carbocycles. The average Bonchev–Trinajstić information content (AvgIpc) is 3.07. The normalized spacial score (nSPS) is 31.1. The number of aliphatic hydroxyl groups is 1. The summed E-state index contributed by atoms with van der Waals surface area (Å²) in [7, 11) is 3.21. The molecule has 1 heterocycles. The quantitative estimate of drug-likeness (QED) is 0.553. The van der Waals surface area contributed by atoms with Crippen molar-refractivity contribution in [2.24, 2.45) is 16.7 Å². The Bertz CT molecular complexity index is 972. The van der Waals surface area contributed by atoms with Gasteiger partial charge in [0.2, 0.25) is 11.8 Å². The molecule has 2 amide bonds. The van der Waals surface area contributed by atoms with Crippen LogP contribution in [0.4, 0.5) is 5.69 Å². The van der Waals surface area contributed by atoms with Crippen LogP contribution in [0.1, 0.15) is 59.3 Å². The molecule has 4 rings (SSSR count). The van der Waals surface area contributed by atoms with Crippen molar-refractivity contribution in [1.82, 2.24) is 10.2 Å². The lowest BCUT2D eigenvalue weighted by molar-refractivity contribution is -0.134. The third kappa shape index (κ3) is 5.75. The first-order chi connectivity index (χ1) is 17.5. The number of methoxy groups -OCH3 is 2. The van der Waals surface area contributed by atoms with E-state index >= 15 is 0 Å². The van der Waals surface area contributed by atoms with E-state index in [1.54, 1.807) is 7.11 Å². The second-order valence-electron chi connectivity index (χ2n) is 12.3. The van der Waals surface area contributed by atoms with Gasteiger partial charge >= 0.3 is 0 Å². The van der Waals surface area contributed by atoms with Crippen molar-refractivity contribution < 1.29 is 24.2 Å². The number of ether oxygens (including phenoxy) is 2. The van der Waals surface area contributed by atoms with E-state index in [2.05, 4.69) is 30.1 Å². The number of carbonyl (C=O) groups is 2. The third-order valence-electron chi connectivity index (χ3n) is 9.31. The summed E-state index contributed by atoms with van der Waals surface area (Å²) in [5, 5.41) is 14.2. The molecule has 3 fully saturated rings. The van der Waals surface area contributed by atoms with Gasteiger partial charge in [-0.2, -0.15) is 0 Å². The van der Waals surface area contributed by atoms with Crippen LogP contribution in [-0.2, 0) is 14.3 Å². The number of piperazine rings is 1. The zero-order valence-corrected chi connectivity index (χ0v) is 23.2. The van der Waals surface area contributed by atoms with Gasteiger partial charge in [0.25, 0.3) is 0 Å². The standard InChI is InChI=1S/C29H45N3O5/c1-27(2)19-24(30-25(33)20-36-4)29(13-12-28(3,35)18-23(27)29)11-10-26(34)32-16-14-31(15-17-32)21-8-6-7-9-22(21)37-5/h6-9,23-24,35H,10-20H2,1-5H3,(H,30,33). The molecular formula is C29H45N3O5. The molecule has 0 bridgehead atoms. The van der Waals surface area contributed by atoms with Crippen molar-refractivity contribution in [3.8, 4) is 5.75 Å². The number of hydrogen-bond acceptors (Lipinski definition) is 6. The van der Waals surface area contributed by atoms with E-state index in [0.29, 0.717) is 32.4 Å². The van der Waals surface area contributed by atoms with Gasteiger partial charge in [-0.1, -0.05) is 26.0 Å². The number of benzene rings is 1. The molecule has 8 nitrogen and oxygen atoms in total. The highest BCUT2D eigenvalue weighted by Gasteiger charge is 2.61. The van der Waals surface area contributed by atoms with E-state index in [4.69, 9.17) is 9.47 Å². The predicted octanol–water partition coefficient (Wildman–Crippen LogP) is 3.22. The minimum atomic E-state index is -0.713. The first-order valence-electron chi connectivity index (χ1n) is 13.7. The topological polar surface area (TPSA) is 91.3 Å². The number of fused-ring (bicyclic) bond motifs is 1. The van der Waals surface area contributed by atoms with E-state index in [0.717, 1.165) is 43.8 Å². The lowest BCUT2D eigenvalue weighted by Gasteiger charge is -2.51. The summed E-state index contributed by atoms with van der Waals surface area (Å²) < 4.78 is 10.6. The molecule has 1 aromatic rings. The van der Waals surface area contributed by atoms with Crippen molar-refractivity contribution in [2.75, 3.05) is 51.9 Å². The maximum atomic E-state index is 13.4. The second kappa shape index (κ2) is 10.8. The number of anilines is 1. The largest absolute Gasteiger partial charge is 0.495 e. The maximum absolute atomic E-state index is 13.4. The van der Waals surface area contributed by atoms with Crippen molar-refractivity contribution in [1.29, 1.82) is 0 Å². The zero-order valence-electron chi connectivity index (χ0n) is 23.2.